The normalized spacial score (nSPS) is 16.0. The van der Waals surface area contributed by atoms with Gasteiger partial charge in [-0.25, -0.2) is 0 Å². The van der Waals surface area contributed by atoms with E-state index < -0.39 is 0 Å². The van der Waals surface area contributed by atoms with Crippen LogP contribution in [0.25, 0.3) is 0 Å². The Morgan fingerprint density at radius 1 is 1.27 bits per heavy atom. The molecule has 0 radical (unpaired) electrons. The van der Waals surface area contributed by atoms with Crippen LogP contribution >= 0.6 is 11.3 Å². The summed E-state index contributed by atoms with van der Waals surface area (Å²) in [5.41, 5.74) is 0.638. The number of hydrogen-bond donors (Lipinski definition) is 1. The Hall–Kier alpha value is -1.92. The van der Waals surface area contributed by atoms with Gasteiger partial charge in [-0.2, -0.15) is 0 Å². The number of carbonyl (C=O) groups excluding carboxylic acids is 1. The first-order valence-electron chi connectivity index (χ1n) is 7.37. The number of aromatic nitrogens is 1. The van der Waals surface area contributed by atoms with Crippen molar-refractivity contribution in [3.05, 3.63) is 56.1 Å². The topological polar surface area (TPSA) is 56.4 Å². The van der Waals surface area contributed by atoms with E-state index in [9.17, 15) is 9.59 Å². The van der Waals surface area contributed by atoms with Gasteiger partial charge in [-0.1, -0.05) is 6.07 Å². The maximum atomic E-state index is 12.5. The van der Waals surface area contributed by atoms with Crippen LogP contribution < -0.4 is 5.43 Å². The number of nitrogens with one attached hydrogen (secondary N) is 1. The molecule has 0 aromatic carbocycles. The fraction of sp³-hybridized carbons (Fsp3) is 0.375. The number of pyridine rings is 1. The standard InChI is InChI=1S/C16H19N3O2S/c1-12-9-17-10-14(15(12)20)16(21)19-6-4-18(5-7-19)11-13-3-2-8-22-13/h2-3,8-10H,4-7,11H2,1H3,(H,17,20). The molecule has 22 heavy (non-hydrogen) atoms. The van der Waals surface area contributed by atoms with Crippen molar-refractivity contribution in [2.45, 2.75) is 13.5 Å². The maximum absolute atomic E-state index is 12.5. The summed E-state index contributed by atoms with van der Waals surface area (Å²) >= 11 is 1.76. The Bertz CT molecular complexity index is 700. The number of carbonyl (C=O) groups is 1. The molecule has 1 N–H and O–H groups in total. The minimum absolute atomic E-state index is 0.166. The summed E-state index contributed by atoms with van der Waals surface area (Å²) in [5, 5.41) is 2.08. The molecule has 3 heterocycles. The smallest absolute Gasteiger partial charge is 0.259 e. The molecule has 0 unspecified atom stereocenters. The molecular formula is C16H19N3O2S. The molecule has 0 aliphatic carbocycles. The molecule has 0 atom stereocenters. The number of aryl methyl sites for hydroxylation is 1. The van der Waals surface area contributed by atoms with Gasteiger partial charge in [0.05, 0.1) is 0 Å². The molecule has 116 valence electrons. The average molecular weight is 317 g/mol. The van der Waals surface area contributed by atoms with E-state index in [1.54, 1.807) is 29.4 Å². The van der Waals surface area contributed by atoms with Gasteiger partial charge >= 0.3 is 0 Å². The molecule has 0 bridgehead atoms. The number of piperazine rings is 1. The van der Waals surface area contributed by atoms with Crippen LogP contribution in [-0.2, 0) is 6.54 Å². The zero-order valence-electron chi connectivity index (χ0n) is 12.5. The number of rotatable bonds is 3. The first-order valence-corrected chi connectivity index (χ1v) is 8.25. The van der Waals surface area contributed by atoms with Gasteiger partial charge in [-0.15, -0.1) is 11.3 Å². The summed E-state index contributed by atoms with van der Waals surface area (Å²) in [6, 6.07) is 4.19. The van der Waals surface area contributed by atoms with Crippen molar-refractivity contribution in [1.82, 2.24) is 14.8 Å². The van der Waals surface area contributed by atoms with E-state index in [4.69, 9.17) is 0 Å². The second-order valence-corrected chi connectivity index (χ2v) is 6.56. The summed E-state index contributed by atoms with van der Waals surface area (Å²) in [6.07, 6.45) is 3.13. The van der Waals surface area contributed by atoms with Crippen molar-refractivity contribution in [1.29, 1.82) is 0 Å². The third-order valence-electron chi connectivity index (χ3n) is 3.98. The third-order valence-corrected chi connectivity index (χ3v) is 4.84. The summed E-state index contributed by atoms with van der Waals surface area (Å²) in [7, 11) is 0. The van der Waals surface area contributed by atoms with E-state index in [0.29, 0.717) is 18.7 Å². The van der Waals surface area contributed by atoms with Crippen LogP contribution in [0.2, 0.25) is 0 Å². The minimum Gasteiger partial charge on any atom is -0.366 e. The van der Waals surface area contributed by atoms with Crippen LogP contribution in [0.5, 0.6) is 0 Å². The van der Waals surface area contributed by atoms with Crippen LogP contribution in [0.4, 0.5) is 0 Å². The van der Waals surface area contributed by atoms with Crippen molar-refractivity contribution in [3.8, 4) is 0 Å². The maximum Gasteiger partial charge on any atom is 0.259 e. The van der Waals surface area contributed by atoms with Gasteiger partial charge < -0.3 is 9.88 Å². The van der Waals surface area contributed by atoms with Crippen LogP contribution in [0.15, 0.2) is 34.7 Å². The quantitative estimate of drug-likeness (QED) is 0.937. The highest BCUT2D eigenvalue weighted by atomic mass is 32.1. The Morgan fingerprint density at radius 2 is 2.05 bits per heavy atom. The van der Waals surface area contributed by atoms with Gasteiger partial charge in [0.1, 0.15) is 5.56 Å². The Balaban J connectivity index is 1.62. The molecule has 1 aliphatic heterocycles. The van der Waals surface area contributed by atoms with Crippen molar-refractivity contribution >= 4 is 17.2 Å². The van der Waals surface area contributed by atoms with Crippen molar-refractivity contribution in [2.75, 3.05) is 26.2 Å². The summed E-state index contributed by atoms with van der Waals surface area (Å²) < 4.78 is 0. The lowest BCUT2D eigenvalue weighted by atomic mass is 10.1. The predicted molar refractivity (Wildman–Crippen MR) is 87.3 cm³/mol. The molecule has 2 aromatic rings. The zero-order chi connectivity index (χ0) is 15.5. The Morgan fingerprint density at radius 3 is 2.73 bits per heavy atom. The van der Waals surface area contributed by atoms with Crippen molar-refractivity contribution < 1.29 is 4.79 Å². The van der Waals surface area contributed by atoms with Crippen LogP contribution in [0.1, 0.15) is 20.8 Å². The number of aromatic amines is 1. The highest BCUT2D eigenvalue weighted by Gasteiger charge is 2.24. The fourth-order valence-electron chi connectivity index (χ4n) is 2.65. The predicted octanol–water partition coefficient (Wildman–Crippen LogP) is 1.70. The molecular weight excluding hydrogens is 298 g/mol. The van der Waals surface area contributed by atoms with E-state index in [-0.39, 0.29) is 16.9 Å². The van der Waals surface area contributed by atoms with E-state index >= 15 is 0 Å². The Kier molecular flexibility index (Phi) is 4.40. The number of nitrogens with zero attached hydrogens (tertiary/aromatic N) is 2. The van der Waals surface area contributed by atoms with E-state index in [1.807, 2.05) is 0 Å². The van der Waals surface area contributed by atoms with E-state index in [0.717, 1.165) is 19.6 Å². The lowest BCUT2D eigenvalue weighted by molar-refractivity contribution is 0.0628. The van der Waals surface area contributed by atoms with Crippen molar-refractivity contribution in [3.63, 3.8) is 0 Å². The zero-order valence-corrected chi connectivity index (χ0v) is 13.4. The SMILES string of the molecule is Cc1c[nH]cc(C(=O)N2CCN(Cc3cccs3)CC2)c1=O. The molecule has 1 fully saturated rings. The molecule has 1 amide bonds. The number of hydrogen-bond acceptors (Lipinski definition) is 4. The lowest BCUT2D eigenvalue weighted by Crippen LogP contribution is -2.49. The average Bonchev–Trinajstić information content (AvgIpc) is 3.03. The van der Waals surface area contributed by atoms with Gasteiger partial charge in [0.15, 0.2) is 5.43 Å². The van der Waals surface area contributed by atoms with Crippen LogP contribution in [0.3, 0.4) is 0 Å². The van der Waals surface area contributed by atoms with E-state index in [1.165, 1.54) is 11.1 Å². The third kappa shape index (κ3) is 3.13. The molecule has 2 aromatic heterocycles. The molecule has 1 aliphatic rings. The second-order valence-electron chi connectivity index (χ2n) is 5.53. The molecule has 0 spiro atoms. The second kappa shape index (κ2) is 6.46. The largest absolute Gasteiger partial charge is 0.366 e. The van der Waals surface area contributed by atoms with Crippen LogP contribution in [0, 0.1) is 6.92 Å². The molecule has 6 heteroatoms. The van der Waals surface area contributed by atoms with Crippen LogP contribution in [-0.4, -0.2) is 46.9 Å². The number of thiophene rings is 1. The van der Waals surface area contributed by atoms with Gasteiger partial charge in [-0.05, 0) is 18.4 Å². The van der Waals surface area contributed by atoms with E-state index in [2.05, 4.69) is 27.4 Å². The lowest BCUT2D eigenvalue weighted by Gasteiger charge is -2.34. The molecule has 3 rings (SSSR count). The fourth-order valence-corrected chi connectivity index (χ4v) is 3.40. The highest BCUT2D eigenvalue weighted by molar-refractivity contribution is 7.09. The summed E-state index contributed by atoms with van der Waals surface area (Å²) in [5.74, 6) is -0.166. The first kappa shape index (κ1) is 15.0. The first-order chi connectivity index (χ1) is 10.6. The monoisotopic (exact) mass is 317 g/mol. The minimum atomic E-state index is -0.176. The van der Waals surface area contributed by atoms with Crippen molar-refractivity contribution in [2.24, 2.45) is 0 Å². The summed E-state index contributed by atoms with van der Waals surface area (Å²) in [6.45, 7) is 5.66. The molecule has 1 saturated heterocycles. The number of amides is 1. The summed E-state index contributed by atoms with van der Waals surface area (Å²) in [4.78, 5) is 32.9. The van der Waals surface area contributed by atoms with Gasteiger partial charge in [0.2, 0.25) is 0 Å². The van der Waals surface area contributed by atoms with Gasteiger partial charge in [0, 0.05) is 55.6 Å². The number of H-pyrrole nitrogens is 1. The van der Waals surface area contributed by atoms with Gasteiger partial charge in [0.25, 0.3) is 5.91 Å². The Labute approximate surface area is 133 Å². The molecule has 5 nitrogen and oxygen atoms in total. The highest BCUT2D eigenvalue weighted by Crippen LogP contribution is 2.14. The van der Waals surface area contributed by atoms with Gasteiger partial charge in [-0.3, -0.25) is 14.5 Å². The molecule has 0 saturated carbocycles.